The number of H-pyrrole nitrogens is 1. The van der Waals surface area contributed by atoms with Crippen molar-refractivity contribution in [2.45, 2.75) is 38.5 Å². The van der Waals surface area contributed by atoms with Crippen molar-refractivity contribution in [3.8, 4) is 0 Å². The van der Waals surface area contributed by atoms with Crippen LogP contribution in [0.25, 0.3) is 11.0 Å². The van der Waals surface area contributed by atoms with Crippen LogP contribution in [-0.2, 0) is 16.0 Å². The summed E-state index contributed by atoms with van der Waals surface area (Å²) >= 11 is 0. The van der Waals surface area contributed by atoms with E-state index in [2.05, 4.69) is 15.3 Å². The van der Waals surface area contributed by atoms with E-state index in [0.717, 1.165) is 68.5 Å². The van der Waals surface area contributed by atoms with Crippen LogP contribution in [0.4, 0.5) is 0 Å². The number of hydrogen-bond acceptors (Lipinski definition) is 3. The van der Waals surface area contributed by atoms with Crippen LogP contribution in [0.3, 0.4) is 0 Å². The van der Waals surface area contributed by atoms with Crippen molar-refractivity contribution in [1.82, 2.24) is 20.2 Å². The van der Waals surface area contributed by atoms with Crippen molar-refractivity contribution in [1.29, 1.82) is 0 Å². The number of carbonyl (C=O) groups is 2. The summed E-state index contributed by atoms with van der Waals surface area (Å²) in [5.74, 6) is 1.72. The molecule has 6 heteroatoms. The summed E-state index contributed by atoms with van der Waals surface area (Å²) in [6, 6.07) is 8.00. The zero-order chi connectivity index (χ0) is 17.9. The summed E-state index contributed by atoms with van der Waals surface area (Å²) in [6.45, 7) is 2.12. The Balaban J connectivity index is 1.17. The van der Waals surface area contributed by atoms with E-state index in [1.807, 2.05) is 29.2 Å². The molecule has 1 saturated carbocycles. The molecule has 2 N–H and O–H groups in total. The maximum absolute atomic E-state index is 12.3. The molecule has 4 rings (SSSR count). The maximum atomic E-state index is 12.3. The maximum Gasteiger partial charge on any atom is 0.225 e. The first-order valence-corrected chi connectivity index (χ1v) is 9.71. The Hall–Kier alpha value is -2.37. The second-order valence-corrected chi connectivity index (χ2v) is 7.47. The summed E-state index contributed by atoms with van der Waals surface area (Å²) in [6.07, 6.45) is 5.35. The SMILES string of the molecule is O=C(NCCCc1nc2ccccc2[nH]1)C1CCN(C(=O)C2CC2)CC1. The van der Waals surface area contributed by atoms with Gasteiger partial charge in [-0.2, -0.15) is 0 Å². The van der Waals surface area contributed by atoms with Gasteiger partial charge in [-0.25, -0.2) is 4.98 Å². The highest BCUT2D eigenvalue weighted by atomic mass is 16.2. The molecule has 0 spiro atoms. The van der Waals surface area contributed by atoms with E-state index in [1.165, 1.54) is 0 Å². The molecular formula is C20H26N4O2. The third-order valence-electron chi connectivity index (χ3n) is 5.43. The quantitative estimate of drug-likeness (QED) is 0.781. The highest BCUT2D eigenvalue weighted by molar-refractivity contribution is 5.82. The minimum absolute atomic E-state index is 0.0458. The van der Waals surface area contributed by atoms with Crippen molar-refractivity contribution >= 4 is 22.8 Å². The standard InChI is InChI=1S/C20H26N4O2/c25-19(14-9-12-24(13-10-14)20(26)15-7-8-15)21-11-3-6-18-22-16-4-1-2-5-17(16)23-18/h1-2,4-5,14-15H,3,6-13H2,(H,21,25)(H,22,23). The molecule has 0 atom stereocenters. The van der Waals surface area contributed by atoms with E-state index in [4.69, 9.17) is 0 Å². The minimum Gasteiger partial charge on any atom is -0.356 e. The number of hydrogen-bond donors (Lipinski definition) is 2. The Bertz CT molecular complexity index is 755. The number of carbonyl (C=O) groups excluding carboxylic acids is 2. The monoisotopic (exact) mass is 354 g/mol. The van der Waals surface area contributed by atoms with E-state index >= 15 is 0 Å². The fourth-order valence-electron chi connectivity index (χ4n) is 3.69. The van der Waals surface area contributed by atoms with Crippen LogP contribution in [0.2, 0.25) is 0 Å². The second kappa shape index (κ2) is 7.48. The predicted octanol–water partition coefficient (Wildman–Crippen LogP) is 2.26. The Morgan fingerprint density at radius 1 is 1.12 bits per heavy atom. The van der Waals surface area contributed by atoms with Gasteiger partial charge in [0.1, 0.15) is 5.82 Å². The fraction of sp³-hybridized carbons (Fsp3) is 0.550. The molecule has 1 aromatic heterocycles. The van der Waals surface area contributed by atoms with E-state index < -0.39 is 0 Å². The smallest absolute Gasteiger partial charge is 0.225 e. The number of aromatic amines is 1. The van der Waals surface area contributed by atoms with Gasteiger partial charge >= 0.3 is 0 Å². The summed E-state index contributed by atoms with van der Waals surface area (Å²) in [4.78, 5) is 34.2. The lowest BCUT2D eigenvalue weighted by molar-refractivity contribution is -0.136. The first kappa shape index (κ1) is 17.1. The van der Waals surface area contributed by atoms with Gasteiger partial charge in [0.15, 0.2) is 0 Å². The van der Waals surface area contributed by atoms with Crippen molar-refractivity contribution in [3.63, 3.8) is 0 Å². The number of amides is 2. The van der Waals surface area contributed by atoms with Gasteiger partial charge in [0, 0.05) is 37.9 Å². The van der Waals surface area contributed by atoms with Crippen molar-refractivity contribution in [3.05, 3.63) is 30.1 Å². The third-order valence-corrected chi connectivity index (χ3v) is 5.43. The molecule has 26 heavy (non-hydrogen) atoms. The Kier molecular flexibility index (Phi) is 4.91. The van der Waals surface area contributed by atoms with Gasteiger partial charge in [-0.1, -0.05) is 12.1 Å². The number of para-hydroxylation sites is 2. The fourth-order valence-corrected chi connectivity index (χ4v) is 3.69. The Labute approximate surface area is 153 Å². The molecular weight excluding hydrogens is 328 g/mol. The molecule has 2 aliphatic rings. The molecule has 2 fully saturated rings. The largest absolute Gasteiger partial charge is 0.356 e. The van der Waals surface area contributed by atoms with Crippen molar-refractivity contribution < 1.29 is 9.59 Å². The average molecular weight is 354 g/mol. The molecule has 1 aliphatic carbocycles. The van der Waals surface area contributed by atoms with Crippen molar-refractivity contribution in [2.75, 3.05) is 19.6 Å². The van der Waals surface area contributed by atoms with Gasteiger partial charge in [0.25, 0.3) is 0 Å². The predicted molar refractivity (Wildman–Crippen MR) is 99.5 cm³/mol. The first-order valence-electron chi connectivity index (χ1n) is 9.71. The normalized spacial score (nSPS) is 18.2. The van der Waals surface area contributed by atoms with Crippen LogP contribution in [0.5, 0.6) is 0 Å². The van der Waals surface area contributed by atoms with Crippen LogP contribution in [0.15, 0.2) is 24.3 Å². The molecule has 1 saturated heterocycles. The number of piperidine rings is 1. The molecule has 0 unspecified atom stereocenters. The third kappa shape index (κ3) is 3.89. The number of benzene rings is 1. The molecule has 138 valence electrons. The Morgan fingerprint density at radius 3 is 2.62 bits per heavy atom. The van der Waals surface area contributed by atoms with Gasteiger partial charge in [-0.15, -0.1) is 0 Å². The molecule has 2 amide bonds. The van der Waals surface area contributed by atoms with Gasteiger partial charge in [-0.3, -0.25) is 9.59 Å². The number of likely N-dealkylation sites (tertiary alicyclic amines) is 1. The van der Waals surface area contributed by atoms with E-state index in [1.54, 1.807) is 0 Å². The number of aryl methyl sites for hydroxylation is 1. The molecule has 1 aromatic carbocycles. The summed E-state index contributed by atoms with van der Waals surface area (Å²) in [7, 11) is 0. The van der Waals surface area contributed by atoms with E-state index in [9.17, 15) is 9.59 Å². The molecule has 2 heterocycles. The van der Waals surface area contributed by atoms with E-state index in [0.29, 0.717) is 12.5 Å². The van der Waals surface area contributed by atoms with Crippen LogP contribution >= 0.6 is 0 Å². The van der Waals surface area contributed by atoms with Gasteiger partial charge in [-0.05, 0) is 44.2 Å². The number of fused-ring (bicyclic) bond motifs is 1. The summed E-state index contributed by atoms with van der Waals surface area (Å²) in [5.41, 5.74) is 2.04. The van der Waals surface area contributed by atoms with Gasteiger partial charge in [0.2, 0.25) is 11.8 Å². The first-order chi connectivity index (χ1) is 12.7. The second-order valence-electron chi connectivity index (χ2n) is 7.47. The number of nitrogens with one attached hydrogen (secondary N) is 2. The molecule has 2 aromatic rings. The van der Waals surface area contributed by atoms with Crippen LogP contribution < -0.4 is 5.32 Å². The summed E-state index contributed by atoms with van der Waals surface area (Å²) in [5, 5.41) is 3.05. The van der Waals surface area contributed by atoms with Crippen LogP contribution in [-0.4, -0.2) is 46.3 Å². The lowest BCUT2D eigenvalue weighted by atomic mass is 9.95. The topological polar surface area (TPSA) is 78.1 Å². The zero-order valence-electron chi connectivity index (χ0n) is 15.0. The lowest BCUT2D eigenvalue weighted by Gasteiger charge is -2.31. The molecule has 0 bridgehead atoms. The van der Waals surface area contributed by atoms with Crippen LogP contribution in [0, 0.1) is 11.8 Å². The number of aromatic nitrogens is 2. The van der Waals surface area contributed by atoms with Gasteiger partial charge in [0.05, 0.1) is 11.0 Å². The van der Waals surface area contributed by atoms with Gasteiger partial charge < -0.3 is 15.2 Å². The van der Waals surface area contributed by atoms with Crippen LogP contribution in [0.1, 0.15) is 37.9 Å². The zero-order valence-corrected chi connectivity index (χ0v) is 15.0. The summed E-state index contributed by atoms with van der Waals surface area (Å²) < 4.78 is 0. The Morgan fingerprint density at radius 2 is 1.88 bits per heavy atom. The molecule has 1 aliphatic heterocycles. The lowest BCUT2D eigenvalue weighted by Crippen LogP contribution is -2.43. The highest BCUT2D eigenvalue weighted by Crippen LogP contribution is 2.32. The molecule has 6 nitrogen and oxygen atoms in total. The van der Waals surface area contributed by atoms with E-state index in [-0.39, 0.29) is 17.7 Å². The number of nitrogens with zero attached hydrogens (tertiary/aromatic N) is 2. The van der Waals surface area contributed by atoms with Crippen molar-refractivity contribution in [2.24, 2.45) is 11.8 Å². The highest BCUT2D eigenvalue weighted by Gasteiger charge is 2.35. The number of rotatable bonds is 6. The number of imidazole rings is 1. The minimum atomic E-state index is 0.0458. The average Bonchev–Trinajstić information content (AvgIpc) is 3.44. The molecule has 0 radical (unpaired) electrons.